The van der Waals surface area contributed by atoms with Gasteiger partial charge < -0.3 is 15.5 Å². The Morgan fingerprint density at radius 3 is 2.04 bits per heavy atom. The Kier molecular flexibility index (Phi) is 14.4. The Morgan fingerprint density at radius 1 is 0.778 bits per heavy atom. The van der Waals surface area contributed by atoms with Gasteiger partial charge in [-0.05, 0) is 89.9 Å². The summed E-state index contributed by atoms with van der Waals surface area (Å²) in [5, 5.41) is 20.6. The molecule has 0 saturated heterocycles. The van der Waals surface area contributed by atoms with Gasteiger partial charge in [-0.2, -0.15) is 0 Å². The minimum absolute atomic E-state index is 0.0213. The Labute approximate surface area is 307 Å². The number of aliphatic hydroxyl groups is 2. The van der Waals surface area contributed by atoms with E-state index in [-0.39, 0.29) is 47.7 Å². The molecule has 1 fully saturated rings. The lowest BCUT2D eigenvalue weighted by Gasteiger charge is -2.27. The zero-order valence-electron chi connectivity index (χ0n) is 29.6. The lowest BCUT2D eigenvalue weighted by molar-refractivity contribution is -0.115. The number of aliphatic hydroxyl groups excluding tert-OH is 2. The summed E-state index contributed by atoms with van der Waals surface area (Å²) in [4.78, 5) is 34.4. The van der Waals surface area contributed by atoms with Gasteiger partial charge in [0.25, 0.3) is 11.8 Å². The molecule has 0 aliphatic heterocycles. The summed E-state index contributed by atoms with van der Waals surface area (Å²) in [7, 11) is 0. The lowest BCUT2D eigenvalue weighted by atomic mass is 9.80. The fraction of sp³-hybridized carbons (Fsp3) is 0.316. The summed E-state index contributed by atoms with van der Waals surface area (Å²) in [6, 6.07) is 13.4. The topological polar surface area (TPSA) is 132 Å². The van der Waals surface area contributed by atoms with E-state index in [9.17, 15) is 35.9 Å². The van der Waals surface area contributed by atoms with Gasteiger partial charge in [0.1, 0.15) is 18.2 Å². The van der Waals surface area contributed by atoms with E-state index >= 15 is 0 Å². The minimum atomic E-state index is -1.33. The van der Waals surface area contributed by atoms with Crippen LogP contribution in [0.3, 0.4) is 0 Å². The Morgan fingerprint density at radius 2 is 1.44 bits per heavy atom. The van der Waals surface area contributed by atoms with E-state index < -0.39 is 59.0 Å². The molecule has 4 aromatic carbocycles. The van der Waals surface area contributed by atoms with E-state index in [2.05, 4.69) is 15.6 Å². The highest BCUT2D eigenvalue weighted by molar-refractivity contribution is 6.00. The number of hydrogen-bond donors (Lipinski definition) is 5. The second kappa shape index (κ2) is 18.7. The van der Waals surface area contributed by atoms with Gasteiger partial charge in [0.2, 0.25) is 0 Å². The molecular formula is C38H40F6N4O6. The summed E-state index contributed by atoms with van der Waals surface area (Å²) < 4.78 is 83.3. The maximum atomic E-state index is 14.4. The van der Waals surface area contributed by atoms with Gasteiger partial charge >= 0.3 is 0 Å². The first-order valence-corrected chi connectivity index (χ1v) is 16.8. The molecule has 0 atom stereocenters. The quantitative estimate of drug-likeness (QED) is 0.0536. The number of benzene rings is 4. The van der Waals surface area contributed by atoms with Crippen molar-refractivity contribution in [3.05, 3.63) is 124 Å². The predicted molar refractivity (Wildman–Crippen MR) is 187 cm³/mol. The molecule has 5 rings (SSSR count). The van der Waals surface area contributed by atoms with Crippen LogP contribution in [0, 0.1) is 34.9 Å². The third-order valence-corrected chi connectivity index (χ3v) is 8.25. The van der Waals surface area contributed by atoms with E-state index in [0.29, 0.717) is 17.2 Å². The molecule has 0 aromatic heterocycles. The van der Waals surface area contributed by atoms with Crippen molar-refractivity contribution in [1.82, 2.24) is 10.7 Å². The van der Waals surface area contributed by atoms with E-state index in [1.54, 1.807) is 12.1 Å². The second-order valence-corrected chi connectivity index (χ2v) is 13.1. The maximum absolute atomic E-state index is 14.4. The monoisotopic (exact) mass is 762 g/mol. The molecule has 2 amide bonds. The van der Waals surface area contributed by atoms with Gasteiger partial charge in [-0.1, -0.05) is 39.3 Å². The van der Waals surface area contributed by atoms with E-state index in [0.717, 1.165) is 54.7 Å². The van der Waals surface area contributed by atoms with Crippen molar-refractivity contribution in [2.75, 3.05) is 37.2 Å². The van der Waals surface area contributed by atoms with Crippen molar-refractivity contribution in [2.24, 2.45) is 0 Å². The molecule has 1 aliphatic carbocycles. The Balaban J connectivity index is 0.000000241. The molecule has 4 aromatic rings. The van der Waals surface area contributed by atoms with Gasteiger partial charge in [0, 0.05) is 5.56 Å². The van der Waals surface area contributed by atoms with Crippen molar-refractivity contribution >= 4 is 28.9 Å². The second-order valence-electron chi connectivity index (χ2n) is 13.1. The number of hydrazine groups is 1. The SMILES string of the molecule is CC(C)(C)c1ccc(Nc2c(C(=O)NOCCO)ccc(F)c2F)c(F)c1.O=C(c1ccc(F)c(F)c1)N(Nc1ccc(C2CCC2)cc1F)OCCO. The molecule has 1 aliphatic rings. The number of carbonyl (C=O) groups is 2. The van der Waals surface area contributed by atoms with E-state index in [4.69, 9.17) is 15.1 Å². The summed E-state index contributed by atoms with van der Waals surface area (Å²) >= 11 is 0. The van der Waals surface area contributed by atoms with Crippen molar-refractivity contribution in [2.45, 2.75) is 51.4 Å². The molecule has 290 valence electrons. The number of nitrogens with one attached hydrogen (secondary N) is 3. The normalized spacial score (nSPS) is 12.6. The molecule has 5 N–H and O–H groups in total. The number of rotatable bonds is 13. The van der Waals surface area contributed by atoms with Crippen LogP contribution in [0.5, 0.6) is 0 Å². The molecule has 0 bridgehead atoms. The van der Waals surface area contributed by atoms with Crippen LogP contribution < -0.4 is 16.2 Å². The Bertz CT molecular complexity index is 1940. The lowest BCUT2D eigenvalue weighted by Crippen LogP contribution is -2.37. The molecule has 0 unspecified atom stereocenters. The fourth-order valence-corrected chi connectivity index (χ4v) is 5.04. The van der Waals surface area contributed by atoms with Crippen LogP contribution in [-0.4, -0.2) is 53.6 Å². The first-order chi connectivity index (χ1) is 25.6. The number of carbonyl (C=O) groups excluding carboxylic acids is 2. The summed E-state index contributed by atoms with van der Waals surface area (Å²) in [5.41, 5.74) is 4.64. The predicted octanol–water partition coefficient (Wildman–Crippen LogP) is 7.56. The average molecular weight is 763 g/mol. The number of halogens is 6. The largest absolute Gasteiger partial charge is 0.394 e. The maximum Gasteiger partial charge on any atom is 0.297 e. The van der Waals surface area contributed by atoms with Gasteiger partial charge in [0.15, 0.2) is 23.3 Å². The third-order valence-electron chi connectivity index (χ3n) is 8.25. The van der Waals surface area contributed by atoms with Crippen LogP contribution in [0.15, 0.2) is 66.7 Å². The highest BCUT2D eigenvalue weighted by atomic mass is 19.2. The van der Waals surface area contributed by atoms with Crippen LogP contribution in [0.1, 0.15) is 77.8 Å². The zero-order valence-corrected chi connectivity index (χ0v) is 29.6. The standard InChI is InChI=1S/C19H19F3N2O3.C19H21F3N2O3/c20-15-6-4-14(11-16(15)21)19(26)24(27-9-8-25)23-18-7-5-13(10-17(18)22)12-2-1-3-12;1-19(2,3)11-4-7-15(14(21)10-11)23-17-12(5-6-13(20)16(17)22)18(26)24-27-9-8-25/h4-7,10-12,23,25H,1-3,8-9H2;4-7,10,23,25H,8-9H2,1-3H3,(H,24,26). The van der Waals surface area contributed by atoms with Gasteiger partial charge in [-0.3, -0.25) is 19.9 Å². The third kappa shape index (κ3) is 10.7. The molecule has 0 heterocycles. The van der Waals surface area contributed by atoms with Crippen LogP contribution in [-0.2, 0) is 15.1 Å². The number of anilines is 3. The molecule has 1 saturated carbocycles. The molecule has 10 nitrogen and oxygen atoms in total. The van der Waals surface area contributed by atoms with E-state index in [1.807, 2.05) is 26.3 Å². The van der Waals surface area contributed by atoms with Crippen LogP contribution in [0.25, 0.3) is 0 Å². The highest BCUT2D eigenvalue weighted by Gasteiger charge is 2.24. The van der Waals surface area contributed by atoms with Crippen molar-refractivity contribution in [1.29, 1.82) is 0 Å². The van der Waals surface area contributed by atoms with Crippen LogP contribution in [0.4, 0.5) is 43.4 Å². The molecule has 54 heavy (non-hydrogen) atoms. The van der Waals surface area contributed by atoms with E-state index in [1.165, 1.54) is 24.3 Å². The number of nitrogens with zero attached hydrogens (tertiary/aromatic N) is 1. The summed E-state index contributed by atoms with van der Waals surface area (Å²) in [6.07, 6.45) is 3.16. The van der Waals surface area contributed by atoms with Gasteiger partial charge in [-0.15, -0.1) is 5.17 Å². The average Bonchev–Trinajstić information content (AvgIpc) is 3.10. The fourth-order valence-electron chi connectivity index (χ4n) is 5.04. The summed E-state index contributed by atoms with van der Waals surface area (Å²) in [6.45, 7) is 4.56. The first-order valence-electron chi connectivity index (χ1n) is 16.8. The van der Waals surface area contributed by atoms with Crippen LogP contribution in [0.2, 0.25) is 0 Å². The van der Waals surface area contributed by atoms with Crippen molar-refractivity contribution in [3.63, 3.8) is 0 Å². The highest BCUT2D eigenvalue weighted by Crippen LogP contribution is 2.37. The number of hydroxylamine groups is 2. The van der Waals surface area contributed by atoms with Gasteiger partial charge in [0.05, 0.1) is 42.4 Å². The first kappa shape index (κ1) is 41.6. The Hall–Kier alpha value is -5.16. The molecule has 16 heteroatoms. The number of hydrogen-bond acceptors (Lipinski definition) is 8. The summed E-state index contributed by atoms with van der Waals surface area (Å²) in [5.74, 6) is -7.47. The minimum Gasteiger partial charge on any atom is -0.394 e. The molecule has 0 radical (unpaired) electrons. The van der Waals surface area contributed by atoms with Crippen LogP contribution >= 0.6 is 0 Å². The van der Waals surface area contributed by atoms with Crippen molar-refractivity contribution < 1.29 is 55.8 Å². The zero-order chi connectivity index (χ0) is 39.6. The molecular weight excluding hydrogens is 722 g/mol. The van der Waals surface area contributed by atoms with Gasteiger partial charge in [-0.25, -0.2) is 36.7 Å². The molecule has 0 spiro atoms. The number of amides is 2. The smallest absolute Gasteiger partial charge is 0.297 e. The van der Waals surface area contributed by atoms with Crippen molar-refractivity contribution in [3.8, 4) is 0 Å².